The van der Waals surface area contributed by atoms with Crippen molar-refractivity contribution in [2.75, 3.05) is 27.8 Å². The Bertz CT molecular complexity index is 1250. The van der Waals surface area contributed by atoms with E-state index in [1.807, 2.05) is 13.0 Å². The van der Waals surface area contributed by atoms with Crippen molar-refractivity contribution in [2.24, 2.45) is 23.7 Å². The number of aldehydes is 1. The first kappa shape index (κ1) is 45.2. The van der Waals surface area contributed by atoms with Gasteiger partial charge in [-0.05, 0) is 59.7 Å². The number of carbonyl (C=O) groups is 3. The maximum Gasteiger partial charge on any atom is 0.308 e. The average Bonchev–Trinajstić information content (AvgIpc) is 3.10. The Morgan fingerprint density at radius 2 is 1.55 bits per heavy atom. The first-order valence-corrected chi connectivity index (χ1v) is 18.7. The van der Waals surface area contributed by atoms with Crippen LogP contribution in [0.15, 0.2) is 23.8 Å². The fourth-order valence-electron chi connectivity index (χ4n) is 7.51. The largest absolute Gasteiger partial charge is 0.462 e. The summed E-state index contributed by atoms with van der Waals surface area (Å²) in [5.74, 6) is -3.48. The number of ketones is 1. The molecule has 3 rings (SSSR count). The molecule has 304 valence electrons. The summed E-state index contributed by atoms with van der Waals surface area (Å²) in [5.41, 5.74) is 0.673. The first-order chi connectivity index (χ1) is 24.9. The lowest BCUT2D eigenvalue weighted by Crippen LogP contribution is -2.63. The van der Waals surface area contributed by atoms with Crippen LogP contribution < -0.4 is 0 Å². The van der Waals surface area contributed by atoms with E-state index in [1.165, 1.54) is 13.2 Å². The fraction of sp³-hybridized carbons (Fsp3) is 0.816. The molecule has 0 spiro atoms. The number of carbonyl (C=O) groups excluding carboxylic acids is 3. The van der Waals surface area contributed by atoms with Crippen LogP contribution in [0, 0.1) is 23.7 Å². The average molecular weight is 758 g/mol. The molecule has 0 amide bonds. The Balaban J connectivity index is 1.96. The third-order valence-electron chi connectivity index (χ3n) is 10.9. The zero-order chi connectivity index (χ0) is 39.7. The van der Waals surface area contributed by atoms with Crippen LogP contribution >= 0.6 is 0 Å². The van der Waals surface area contributed by atoms with E-state index < -0.39 is 116 Å². The highest BCUT2D eigenvalue weighted by atomic mass is 16.7. The lowest BCUT2D eigenvalue weighted by molar-refractivity contribution is -0.304. The molecular weight excluding hydrogens is 694 g/mol. The van der Waals surface area contributed by atoms with Gasteiger partial charge < -0.3 is 63.6 Å². The lowest BCUT2D eigenvalue weighted by atomic mass is 9.79. The smallest absolute Gasteiger partial charge is 0.308 e. The molecule has 3 aliphatic heterocycles. The van der Waals surface area contributed by atoms with Crippen LogP contribution in [0.25, 0.3) is 0 Å². The van der Waals surface area contributed by atoms with Crippen molar-refractivity contribution in [3.8, 4) is 0 Å². The monoisotopic (exact) mass is 757 g/mol. The van der Waals surface area contributed by atoms with Crippen molar-refractivity contribution < 1.29 is 68.3 Å². The maximum absolute atomic E-state index is 13.5. The second-order valence-electron chi connectivity index (χ2n) is 15.1. The summed E-state index contributed by atoms with van der Waals surface area (Å²) < 4.78 is 35.6. The molecular formula is C38H63NO14. The molecule has 15 nitrogen and oxygen atoms in total. The SMILES string of the molecule is CCC1OC(=O)CC(O)C(C)C(OC2OC(C)C(O)C(N(C)C)C2O)C(CC=O)CC(C)C(=O)/C=C\C(C)=C\C1COC1OC(C)C(O)C(O)C1OC. The molecule has 0 saturated carbocycles. The number of hydrogen-bond donors (Lipinski definition) is 5. The zero-order valence-corrected chi connectivity index (χ0v) is 32.5. The number of allylic oxidation sites excluding steroid dienone is 3. The van der Waals surface area contributed by atoms with Crippen LogP contribution in [0.2, 0.25) is 0 Å². The Kier molecular flexibility index (Phi) is 17.6. The van der Waals surface area contributed by atoms with E-state index in [4.69, 9.17) is 28.4 Å². The minimum Gasteiger partial charge on any atom is -0.462 e. The van der Waals surface area contributed by atoms with Gasteiger partial charge in [0.15, 0.2) is 18.4 Å². The van der Waals surface area contributed by atoms with E-state index in [-0.39, 0.29) is 25.2 Å². The molecule has 53 heavy (non-hydrogen) atoms. The predicted molar refractivity (Wildman–Crippen MR) is 191 cm³/mol. The molecule has 3 aliphatic rings. The highest BCUT2D eigenvalue weighted by Crippen LogP contribution is 2.34. The normalized spacial score (nSPS) is 44.2. The van der Waals surface area contributed by atoms with E-state index in [2.05, 4.69) is 0 Å². The van der Waals surface area contributed by atoms with Gasteiger partial charge in [0.2, 0.25) is 0 Å². The molecule has 15 heteroatoms. The van der Waals surface area contributed by atoms with Gasteiger partial charge in [-0.2, -0.15) is 0 Å². The van der Waals surface area contributed by atoms with Gasteiger partial charge in [-0.3, -0.25) is 9.59 Å². The number of nitrogens with zero attached hydrogens (tertiary/aromatic N) is 1. The van der Waals surface area contributed by atoms with Crippen molar-refractivity contribution in [2.45, 2.75) is 147 Å². The Hall–Kier alpha value is -2.15. The van der Waals surface area contributed by atoms with E-state index in [1.54, 1.807) is 59.7 Å². The van der Waals surface area contributed by atoms with Gasteiger partial charge in [-0.1, -0.05) is 38.5 Å². The number of aliphatic hydroxyl groups excluding tert-OH is 5. The number of methoxy groups -OCH3 is 1. The molecule has 0 aliphatic carbocycles. The summed E-state index contributed by atoms with van der Waals surface area (Å²) >= 11 is 0. The summed E-state index contributed by atoms with van der Waals surface area (Å²) in [6.45, 7) is 10.2. The number of ether oxygens (including phenoxy) is 6. The number of esters is 1. The molecule has 0 radical (unpaired) electrons. The third-order valence-corrected chi connectivity index (χ3v) is 10.9. The summed E-state index contributed by atoms with van der Waals surface area (Å²) in [7, 11) is 4.78. The third kappa shape index (κ3) is 11.7. The number of cyclic esters (lactones) is 1. The zero-order valence-electron chi connectivity index (χ0n) is 32.5. The standard InChI is InChI=1S/C38H63NO14/c1-10-28-25(18-49-38-36(48-9)34(47)32(45)23(6)51-38)15-19(2)11-12-26(41)20(3)16-24(13-14-40)35(21(4)27(42)17-29(43)52-28)53-37-33(46)30(39(7)8)31(44)22(5)50-37/h11-12,14-15,20-25,27-28,30-38,42,44-47H,10,13,16-18H2,1-9H3/b12-11-,19-15+. The molecule has 17 atom stereocenters. The van der Waals surface area contributed by atoms with E-state index in [0.29, 0.717) is 18.3 Å². The second-order valence-corrected chi connectivity index (χ2v) is 15.1. The van der Waals surface area contributed by atoms with Crippen LogP contribution in [0.4, 0.5) is 0 Å². The molecule has 3 heterocycles. The van der Waals surface area contributed by atoms with Crippen molar-refractivity contribution >= 4 is 18.0 Å². The predicted octanol–water partition coefficient (Wildman–Crippen LogP) is 0.908. The van der Waals surface area contributed by atoms with Crippen LogP contribution in [-0.4, -0.2) is 156 Å². The molecule has 2 saturated heterocycles. The molecule has 0 aromatic rings. The first-order valence-electron chi connectivity index (χ1n) is 18.7. The molecule has 5 N–H and O–H groups in total. The van der Waals surface area contributed by atoms with Crippen molar-refractivity contribution in [1.29, 1.82) is 0 Å². The fourth-order valence-corrected chi connectivity index (χ4v) is 7.51. The highest BCUT2D eigenvalue weighted by Gasteiger charge is 2.48. The summed E-state index contributed by atoms with van der Waals surface area (Å²) in [6.07, 6.45) is -6.88. The highest BCUT2D eigenvalue weighted by molar-refractivity contribution is 5.91. The number of likely N-dealkylation sites (N-methyl/N-ethyl adjacent to an activating group) is 1. The minimum absolute atomic E-state index is 0.0342. The number of hydrogen-bond acceptors (Lipinski definition) is 15. The van der Waals surface area contributed by atoms with Gasteiger partial charge in [-0.25, -0.2) is 0 Å². The number of rotatable bonds is 10. The number of aliphatic hydroxyl groups is 5. The maximum atomic E-state index is 13.5. The topological polar surface area (TPSA) is 211 Å². The van der Waals surface area contributed by atoms with E-state index in [0.717, 1.165) is 0 Å². The molecule has 0 aromatic carbocycles. The van der Waals surface area contributed by atoms with Gasteiger partial charge in [0.25, 0.3) is 0 Å². The molecule has 0 bridgehead atoms. The molecule has 17 unspecified atom stereocenters. The minimum atomic E-state index is -1.33. The van der Waals surface area contributed by atoms with Crippen LogP contribution in [0.3, 0.4) is 0 Å². The lowest BCUT2D eigenvalue weighted by Gasteiger charge is -2.46. The van der Waals surface area contributed by atoms with E-state index in [9.17, 15) is 39.9 Å². The molecule has 0 aromatic heterocycles. The second kappa shape index (κ2) is 20.7. The van der Waals surface area contributed by atoms with Gasteiger partial charge in [0.05, 0.1) is 49.6 Å². The van der Waals surface area contributed by atoms with Crippen molar-refractivity contribution in [1.82, 2.24) is 4.90 Å². The summed E-state index contributed by atoms with van der Waals surface area (Å²) in [4.78, 5) is 40.6. The van der Waals surface area contributed by atoms with Gasteiger partial charge in [0, 0.05) is 31.3 Å². The summed E-state index contributed by atoms with van der Waals surface area (Å²) in [5, 5.41) is 54.4. The Labute approximate surface area is 313 Å². The van der Waals surface area contributed by atoms with Crippen molar-refractivity contribution in [3.63, 3.8) is 0 Å². The van der Waals surface area contributed by atoms with Crippen LogP contribution in [-0.2, 0) is 42.8 Å². The molecule has 2 fully saturated rings. The van der Waals surface area contributed by atoms with Gasteiger partial charge in [0.1, 0.15) is 36.8 Å². The van der Waals surface area contributed by atoms with Crippen LogP contribution in [0.5, 0.6) is 0 Å². The van der Waals surface area contributed by atoms with Gasteiger partial charge in [-0.15, -0.1) is 0 Å². The van der Waals surface area contributed by atoms with Crippen molar-refractivity contribution in [3.05, 3.63) is 23.8 Å². The van der Waals surface area contributed by atoms with E-state index >= 15 is 0 Å². The Morgan fingerprint density at radius 3 is 2.15 bits per heavy atom. The summed E-state index contributed by atoms with van der Waals surface area (Å²) in [6, 6.07) is -0.746. The van der Waals surface area contributed by atoms with Crippen LogP contribution in [0.1, 0.15) is 67.2 Å². The van der Waals surface area contributed by atoms with Gasteiger partial charge >= 0.3 is 5.97 Å². The Morgan fingerprint density at radius 1 is 0.906 bits per heavy atom. The quantitative estimate of drug-likeness (QED) is 0.155.